The predicted octanol–water partition coefficient (Wildman–Crippen LogP) is 1.01. The van der Waals surface area contributed by atoms with Gasteiger partial charge in [-0.1, -0.05) is 0 Å². The highest BCUT2D eigenvalue weighted by atomic mass is 31.0. The minimum atomic E-state index is -0.388. The number of ether oxygens (including phenoxy) is 1. The van der Waals surface area contributed by atoms with E-state index in [9.17, 15) is 4.79 Å². The summed E-state index contributed by atoms with van der Waals surface area (Å²) in [6, 6.07) is 0. The number of aryl methyl sites for hydroxylation is 1. The van der Waals surface area contributed by atoms with Gasteiger partial charge in [-0.3, -0.25) is 0 Å². The van der Waals surface area contributed by atoms with Crippen LogP contribution in [0.1, 0.15) is 23.2 Å². The zero-order valence-electron chi connectivity index (χ0n) is 7.07. The highest BCUT2D eigenvalue weighted by Crippen LogP contribution is 2.07. The molecule has 0 fully saturated rings. The van der Waals surface area contributed by atoms with Crippen LogP contribution < -0.4 is 0 Å². The van der Waals surface area contributed by atoms with Gasteiger partial charge in [-0.05, 0) is 23.2 Å². The van der Waals surface area contributed by atoms with Crippen molar-refractivity contribution in [3.63, 3.8) is 0 Å². The molecule has 4 nitrogen and oxygen atoms in total. The van der Waals surface area contributed by atoms with E-state index in [1.54, 1.807) is 17.5 Å². The lowest BCUT2D eigenvalue weighted by atomic mass is 10.6. The molecular weight excluding hydrogens is 175 g/mol. The summed E-state index contributed by atoms with van der Waals surface area (Å²) in [5, 5.41) is 0. The number of hydrogen-bond acceptors (Lipinski definition) is 3. The molecule has 1 rings (SSSR count). The first kappa shape index (κ1) is 9.20. The van der Waals surface area contributed by atoms with Crippen LogP contribution in [0, 0.1) is 6.92 Å². The van der Waals surface area contributed by atoms with Crippen LogP contribution in [0.25, 0.3) is 0 Å². The molecule has 0 spiro atoms. The maximum absolute atomic E-state index is 11.2. The largest absolute Gasteiger partial charge is 0.460 e. The molecule has 0 saturated carbocycles. The molecule has 66 valence electrons. The Labute approximate surface area is 73.2 Å². The zero-order chi connectivity index (χ0) is 9.14. The quantitative estimate of drug-likeness (QED) is 0.511. The van der Waals surface area contributed by atoms with E-state index in [2.05, 4.69) is 14.4 Å². The minimum absolute atomic E-state index is 0.319. The van der Waals surface area contributed by atoms with E-state index in [4.69, 9.17) is 4.74 Å². The molecule has 1 unspecified atom stereocenters. The molecule has 0 aliphatic heterocycles. The molecule has 1 aromatic heterocycles. The van der Waals surface area contributed by atoms with E-state index in [0.29, 0.717) is 12.4 Å². The van der Waals surface area contributed by atoms with Gasteiger partial charge in [-0.15, -0.1) is 0 Å². The molecule has 0 N–H and O–H groups in total. The normalized spacial score (nSPS) is 9.92. The molecule has 0 aliphatic carbocycles. The summed E-state index contributed by atoms with van der Waals surface area (Å²) in [5.74, 6) is -0.0695. The fourth-order valence-corrected chi connectivity index (χ4v) is 1.24. The van der Waals surface area contributed by atoms with Gasteiger partial charge in [-0.2, -0.15) is 0 Å². The summed E-state index contributed by atoms with van der Waals surface area (Å²) in [6.07, 6.45) is 1.75. The molecule has 1 aromatic rings. The summed E-state index contributed by atoms with van der Waals surface area (Å²) >= 11 is 0. The van der Waals surface area contributed by atoms with E-state index >= 15 is 0 Å². The average Bonchev–Trinajstić information content (AvgIpc) is 2.30. The lowest BCUT2D eigenvalue weighted by Gasteiger charge is -1.99. The Morgan fingerprint density at radius 3 is 2.92 bits per heavy atom. The SMILES string of the molecule is CCOC(=O)c1nc(C)cn1P. The third-order valence-electron chi connectivity index (χ3n) is 1.31. The average molecular weight is 186 g/mol. The summed E-state index contributed by atoms with van der Waals surface area (Å²) in [4.78, 5) is 15.2. The van der Waals surface area contributed by atoms with Crippen LogP contribution in [0.5, 0.6) is 0 Å². The molecule has 0 saturated heterocycles. The fourth-order valence-electron chi connectivity index (χ4n) is 0.863. The molecular formula is C7H11N2O2P. The maximum Gasteiger partial charge on any atom is 0.374 e. The fraction of sp³-hybridized carbons (Fsp3) is 0.429. The highest BCUT2D eigenvalue weighted by Gasteiger charge is 2.12. The molecule has 12 heavy (non-hydrogen) atoms. The number of imidazole rings is 1. The molecule has 1 heterocycles. The molecule has 1 atom stereocenters. The van der Waals surface area contributed by atoms with Crippen molar-refractivity contribution < 1.29 is 9.53 Å². The summed E-state index contributed by atoms with van der Waals surface area (Å²) in [5.41, 5.74) is 0.799. The number of rotatable bonds is 2. The highest BCUT2D eigenvalue weighted by molar-refractivity contribution is 7.14. The monoisotopic (exact) mass is 186 g/mol. The van der Waals surface area contributed by atoms with Crippen molar-refractivity contribution in [1.29, 1.82) is 0 Å². The van der Waals surface area contributed by atoms with Gasteiger partial charge >= 0.3 is 5.97 Å². The summed E-state index contributed by atoms with van der Waals surface area (Å²) in [6.45, 7) is 3.96. The predicted molar refractivity (Wildman–Crippen MR) is 48.0 cm³/mol. The Bertz CT molecular complexity index is 296. The van der Waals surface area contributed by atoms with Crippen molar-refractivity contribution in [2.24, 2.45) is 0 Å². The third-order valence-corrected chi connectivity index (χ3v) is 1.70. The summed E-state index contributed by atoms with van der Waals surface area (Å²) in [7, 11) is 2.38. The molecule has 0 aromatic carbocycles. The third kappa shape index (κ3) is 1.83. The van der Waals surface area contributed by atoms with Crippen molar-refractivity contribution in [2.75, 3.05) is 6.61 Å². The van der Waals surface area contributed by atoms with Gasteiger partial charge in [0.25, 0.3) is 0 Å². The Kier molecular flexibility index (Phi) is 2.82. The topological polar surface area (TPSA) is 44.1 Å². The number of nitrogens with zero attached hydrogens (tertiary/aromatic N) is 2. The number of carbonyl (C=O) groups excluding carboxylic acids is 1. The van der Waals surface area contributed by atoms with Gasteiger partial charge in [0.2, 0.25) is 5.82 Å². The smallest absolute Gasteiger partial charge is 0.374 e. The van der Waals surface area contributed by atoms with E-state index < -0.39 is 0 Å². The van der Waals surface area contributed by atoms with Crippen molar-refractivity contribution in [3.8, 4) is 0 Å². The second-order valence-electron chi connectivity index (χ2n) is 2.33. The van der Waals surface area contributed by atoms with Crippen molar-refractivity contribution in [2.45, 2.75) is 13.8 Å². The van der Waals surface area contributed by atoms with Crippen molar-refractivity contribution in [3.05, 3.63) is 17.7 Å². The van der Waals surface area contributed by atoms with Gasteiger partial charge in [0.1, 0.15) is 0 Å². The number of esters is 1. The summed E-state index contributed by atoms with van der Waals surface area (Å²) < 4.78 is 6.36. The van der Waals surface area contributed by atoms with Crippen molar-refractivity contribution in [1.82, 2.24) is 9.32 Å². The van der Waals surface area contributed by atoms with Crippen LogP contribution >= 0.6 is 9.39 Å². The van der Waals surface area contributed by atoms with E-state index in [-0.39, 0.29) is 5.97 Å². The van der Waals surface area contributed by atoms with Crippen LogP contribution in [-0.4, -0.2) is 21.9 Å². The standard InChI is InChI=1S/C7H11N2O2P/c1-3-11-7(10)6-8-5(2)4-9(6)12/h4H,3,12H2,1-2H3. The van der Waals surface area contributed by atoms with E-state index in [0.717, 1.165) is 5.69 Å². The second kappa shape index (κ2) is 3.68. The van der Waals surface area contributed by atoms with E-state index in [1.165, 1.54) is 0 Å². The Morgan fingerprint density at radius 2 is 2.50 bits per heavy atom. The van der Waals surface area contributed by atoms with Crippen LogP contribution in [0.3, 0.4) is 0 Å². The van der Waals surface area contributed by atoms with Gasteiger partial charge in [0.15, 0.2) is 0 Å². The lowest BCUT2D eigenvalue weighted by molar-refractivity contribution is 0.0511. The first-order valence-electron chi connectivity index (χ1n) is 3.63. The van der Waals surface area contributed by atoms with Crippen LogP contribution in [0.2, 0.25) is 0 Å². The number of carbonyl (C=O) groups is 1. The zero-order valence-corrected chi connectivity index (χ0v) is 8.23. The Morgan fingerprint density at radius 1 is 1.83 bits per heavy atom. The first-order chi connectivity index (χ1) is 5.65. The Hall–Kier alpha value is -0.890. The molecule has 5 heteroatoms. The molecule has 0 aliphatic rings. The lowest BCUT2D eigenvalue weighted by Crippen LogP contribution is -2.08. The maximum atomic E-state index is 11.2. The van der Waals surface area contributed by atoms with Crippen molar-refractivity contribution >= 4 is 15.4 Å². The number of aromatic nitrogens is 2. The van der Waals surface area contributed by atoms with Gasteiger partial charge in [-0.25, -0.2) is 9.78 Å². The molecule has 0 bridgehead atoms. The van der Waals surface area contributed by atoms with Crippen LogP contribution in [0.15, 0.2) is 6.20 Å². The van der Waals surface area contributed by atoms with E-state index in [1.807, 2.05) is 6.92 Å². The Balaban J connectivity index is 2.87. The van der Waals surface area contributed by atoms with Gasteiger partial charge in [0.05, 0.1) is 12.3 Å². The second-order valence-corrected chi connectivity index (χ2v) is 2.89. The van der Waals surface area contributed by atoms with Gasteiger partial charge in [0, 0.05) is 6.20 Å². The first-order valence-corrected chi connectivity index (χ1v) is 4.15. The van der Waals surface area contributed by atoms with Crippen LogP contribution in [-0.2, 0) is 4.74 Å². The minimum Gasteiger partial charge on any atom is -0.460 e. The molecule has 0 amide bonds. The van der Waals surface area contributed by atoms with Crippen LogP contribution in [0.4, 0.5) is 0 Å². The van der Waals surface area contributed by atoms with Gasteiger partial charge < -0.3 is 9.07 Å². The number of hydrogen-bond donors (Lipinski definition) is 0. The molecule has 0 radical (unpaired) electrons.